The number of rotatable bonds is 7. The molecule has 0 saturated carbocycles. The van der Waals surface area contributed by atoms with Gasteiger partial charge in [-0.3, -0.25) is 20.0 Å². The van der Waals surface area contributed by atoms with Crippen LogP contribution in [0.4, 0.5) is 5.69 Å². The first-order valence-corrected chi connectivity index (χ1v) is 8.80. The Balaban J connectivity index is 1.75. The molecule has 0 aliphatic rings. The van der Waals surface area contributed by atoms with E-state index >= 15 is 0 Å². The number of hydrogen-bond donors (Lipinski definition) is 2. The maximum Gasteiger partial charge on any atom is 0.289 e. The van der Waals surface area contributed by atoms with Gasteiger partial charge in [0.2, 0.25) is 0 Å². The Morgan fingerprint density at radius 1 is 1.13 bits per heavy atom. The van der Waals surface area contributed by atoms with Gasteiger partial charge in [-0.05, 0) is 48.9 Å². The van der Waals surface area contributed by atoms with E-state index in [0.29, 0.717) is 34.0 Å². The van der Waals surface area contributed by atoms with E-state index in [9.17, 15) is 14.9 Å². The summed E-state index contributed by atoms with van der Waals surface area (Å²) in [5, 5.41) is 21.6. The van der Waals surface area contributed by atoms with Gasteiger partial charge in [-0.2, -0.15) is 10.2 Å². The highest BCUT2D eigenvalue weighted by Gasteiger charge is 2.15. The highest BCUT2D eigenvalue weighted by molar-refractivity contribution is 6.00. The van der Waals surface area contributed by atoms with Crippen LogP contribution >= 0.6 is 0 Å². The first kappa shape index (κ1) is 20.5. The van der Waals surface area contributed by atoms with Gasteiger partial charge >= 0.3 is 0 Å². The molecule has 2 aromatic carbocycles. The van der Waals surface area contributed by atoms with Gasteiger partial charge in [0, 0.05) is 17.7 Å². The molecule has 30 heavy (non-hydrogen) atoms. The van der Waals surface area contributed by atoms with E-state index in [4.69, 9.17) is 9.47 Å². The summed E-state index contributed by atoms with van der Waals surface area (Å²) in [6, 6.07) is 12.7. The van der Waals surface area contributed by atoms with Crippen molar-refractivity contribution in [3.8, 4) is 22.8 Å². The molecule has 154 valence electrons. The van der Waals surface area contributed by atoms with Crippen molar-refractivity contribution >= 4 is 17.3 Å². The van der Waals surface area contributed by atoms with E-state index in [0.717, 1.165) is 0 Å². The molecule has 0 fully saturated rings. The number of methoxy groups -OCH3 is 2. The minimum Gasteiger partial charge on any atom is -0.497 e. The number of non-ortho nitro benzene ring substituents is 1. The predicted octanol–water partition coefficient (Wildman–Crippen LogP) is 3.16. The second-order valence-corrected chi connectivity index (χ2v) is 6.18. The van der Waals surface area contributed by atoms with Gasteiger partial charge in [0.25, 0.3) is 11.6 Å². The third-order valence-electron chi connectivity index (χ3n) is 4.33. The van der Waals surface area contributed by atoms with Crippen LogP contribution in [0.3, 0.4) is 0 Å². The molecule has 0 spiro atoms. The number of nitrogens with one attached hydrogen (secondary N) is 2. The number of nitro benzene ring substituents is 1. The number of nitrogens with zero attached hydrogens (tertiary/aromatic N) is 3. The summed E-state index contributed by atoms with van der Waals surface area (Å²) in [5.74, 6) is 0.723. The maximum absolute atomic E-state index is 12.4. The number of ether oxygens (including phenoxy) is 2. The van der Waals surface area contributed by atoms with Crippen molar-refractivity contribution in [2.75, 3.05) is 14.2 Å². The number of hydrogen-bond acceptors (Lipinski definition) is 7. The Morgan fingerprint density at radius 2 is 1.87 bits per heavy atom. The highest BCUT2D eigenvalue weighted by Crippen LogP contribution is 2.32. The van der Waals surface area contributed by atoms with E-state index in [1.807, 2.05) is 0 Å². The molecule has 10 nitrogen and oxygen atoms in total. The molecule has 10 heteroatoms. The van der Waals surface area contributed by atoms with Crippen LogP contribution in [0.5, 0.6) is 11.5 Å². The van der Waals surface area contributed by atoms with Gasteiger partial charge in [-0.1, -0.05) is 0 Å². The Bertz CT molecular complexity index is 1110. The molecule has 1 heterocycles. The number of carbonyl (C=O) groups excluding carboxylic acids is 1. The third-order valence-corrected chi connectivity index (χ3v) is 4.33. The molecule has 0 saturated heterocycles. The van der Waals surface area contributed by atoms with E-state index in [1.165, 1.54) is 12.1 Å². The third kappa shape index (κ3) is 4.43. The number of aromatic nitrogens is 2. The lowest BCUT2D eigenvalue weighted by Gasteiger charge is -2.08. The van der Waals surface area contributed by atoms with Crippen molar-refractivity contribution in [2.45, 2.75) is 6.92 Å². The fraction of sp³-hybridized carbons (Fsp3) is 0.150. The zero-order chi connectivity index (χ0) is 21.7. The lowest BCUT2D eigenvalue weighted by atomic mass is 10.1. The molecule has 2 N–H and O–H groups in total. The van der Waals surface area contributed by atoms with Crippen molar-refractivity contribution in [3.05, 3.63) is 69.9 Å². The standard InChI is InChI=1S/C20H19N5O5/c1-12(13-4-6-14(7-5-13)25(27)28)21-24-20(26)18-11-17(22-23-18)16-10-15(29-2)8-9-19(16)30-3/h4-11H,1-3H3,(H,22,23)(H,24,26). The van der Waals surface area contributed by atoms with Crippen LogP contribution in [0.1, 0.15) is 23.0 Å². The van der Waals surface area contributed by atoms with Gasteiger partial charge in [-0.25, -0.2) is 5.43 Å². The largest absolute Gasteiger partial charge is 0.497 e. The van der Waals surface area contributed by atoms with Crippen LogP contribution in [-0.2, 0) is 0 Å². The minimum absolute atomic E-state index is 0.0199. The van der Waals surface area contributed by atoms with Crippen LogP contribution in [0.25, 0.3) is 11.3 Å². The maximum atomic E-state index is 12.4. The molecular weight excluding hydrogens is 390 g/mol. The summed E-state index contributed by atoms with van der Waals surface area (Å²) in [4.78, 5) is 22.7. The molecular formula is C20H19N5O5. The topological polar surface area (TPSA) is 132 Å². The van der Waals surface area contributed by atoms with Crippen molar-refractivity contribution in [2.24, 2.45) is 5.10 Å². The molecule has 3 rings (SSSR count). The minimum atomic E-state index is -0.489. The second kappa shape index (κ2) is 8.86. The number of nitro groups is 1. The first-order chi connectivity index (χ1) is 14.4. The summed E-state index contributed by atoms with van der Waals surface area (Å²) in [5.41, 5.74) is 4.93. The monoisotopic (exact) mass is 409 g/mol. The molecule has 0 unspecified atom stereocenters. The number of H-pyrrole nitrogens is 1. The average Bonchev–Trinajstić information content (AvgIpc) is 3.27. The summed E-state index contributed by atoms with van der Waals surface area (Å²) in [6.45, 7) is 1.68. The smallest absolute Gasteiger partial charge is 0.289 e. The summed E-state index contributed by atoms with van der Waals surface area (Å²) < 4.78 is 10.6. The molecule has 1 amide bonds. The van der Waals surface area contributed by atoms with Crippen LogP contribution in [0.2, 0.25) is 0 Å². The number of benzene rings is 2. The fourth-order valence-electron chi connectivity index (χ4n) is 2.67. The van der Waals surface area contributed by atoms with E-state index in [2.05, 4.69) is 20.7 Å². The Kier molecular flexibility index (Phi) is 6.06. The summed E-state index contributed by atoms with van der Waals surface area (Å²) in [7, 11) is 3.10. The van der Waals surface area contributed by atoms with Crippen molar-refractivity contribution in [1.82, 2.24) is 15.6 Å². The SMILES string of the molecule is COc1ccc(OC)c(-c2cc(C(=O)NN=C(C)c3ccc([N+](=O)[O-])cc3)[nH]n2)c1. The molecule has 1 aromatic heterocycles. The van der Waals surface area contributed by atoms with Crippen LogP contribution in [0.15, 0.2) is 53.6 Å². The van der Waals surface area contributed by atoms with Crippen LogP contribution in [-0.4, -0.2) is 41.0 Å². The zero-order valence-corrected chi connectivity index (χ0v) is 16.5. The van der Waals surface area contributed by atoms with Gasteiger partial charge in [-0.15, -0.1) is 0 Å². The van der Waals surface area contributed by atoms with Gasteiger partial charge in [0.15, 0.2) is 0 Å². The normalized spacial score (nSPS) is 11.1. The van der Waals surface area contributed by atoms with Crippen LogP contribution < -0.4 is 14.9 Å². The Morgan fingerprint density at radius 3 is 2.50 bits per heavy atom. The summed E-state index contributed by atoms with van der Waals surface area (Å²) >= 11 is 0. The first-order valence-electron chi connectivity index (χ1n) is 8.80. The molecule has 0 atom stereocenters. The van der Waals surface area contributed by atoms with Crippen molar-refractivity contribution in [3.63, 3.8) is 0 Å². The molecule has 3 aromatic rings. The van der Waals surface area contributed by atoms with Gasteiger partial charge < -0.3 is 9.47 Å². The van der Waals surface area contributed by atoms with E-state index in [1.54, 1.807) is 57.5 Å². The number of aromatic amines is 1. The van der Waals surface area contributed by atoms with E-state index in [-0.39, 0.29) is 11.4 Å². The lowest BCUT2D eigenvalue weighted by Crippen LogP contribution is -2.19. The quantitative estimate of drug-likeness (QED) is 0.350. The number of carbonyl (C=O) groups is 1. The Labute approximate surface area is 171 Å². The highest BCUT2D eigenvalue weighted by atomic mass is 16.6. The van der Waals surface area contributed by atoms with Crippen molar-refractivity contribution < 1.29 is 19.2 Å². The molecule has 0 aliphatic heterocycles. The lowest BCUT2D eigenvalue weighted by molar-refractivity contribution is -0.384. The fourth-order valence-corrected chi connectivity index (χ4v) is 2.67. The van der Waals surface area contributed by atoms with Gasteiger partial charge in [0.05, 0.1) is 30.5 Å². The second-order valence-electron chi connectivity index (χ2n) is 6.18. The zero-order valence-electron chi connectivity index (χ0n) is 16.5. The van der Waals surface area contributed by atoms with Crippen molar-refractivity contribution in [1.29, 1.82) is 0 Å². The van der Waals surface area contributed by atoms with Gasteiger partial charge in [0.1, 0.15) is 17.2 Å². The summed E-state index contributed by atoms with van der Waals surface area (Å²) in [6.07, 6.45) is 0. The molecule has 0 bridgehead atoms. The Hall–Kier alpha value is -4.21. The number of amides is 1. The number of hydrazone groups is 1. The van der Waals surface area contributed by atoms with E-state index < -0.39 is 10.8 Å². The average molecular weight is 409 g/mol. The molecule has 0 radical (unpaired) electrons. The van der Waals surface area contributed by atoms with Crippen LogP contribution in [0, 0.1) is 10.1 Å². The molecule has 0 aliphatic carbocycles. The predicted molar refractivity (Wildman–Crippen MR) is 110 cm³/mol.